The van der Waals surface area contributed by atoms with E-state index in [4.69, 9.17) is 0 Å². The van der Waals surface area contributed by atoms with Crippen LogP contribution in [0.25, 0.3) is 0 Å². The van der Waals surface area contributed by atoms with E-state index in [0.717, 1.165) is 5.82 Å². The van der Waals surface area contributed by atoms with Crippen molar-refractivity contribution in [1.29, 1.82) is 0 Å². The highest BCUT2D eigenvalue weighted by Crippen LogP contribution is 1.93. The average molecular weight is 141 g/mol. The molecule has 0 saturated carbocycles. The van der Waals surface area contributed by atoms with Gasteiger partial charge in [-0.1, -0.05) is 12.2 Å². The van der Waals surface area contributed by atoms with Crippen LogP contribution < -0.4 is 5.32 Å². The number of aromatic amines is 1. The van der Waals surface area contributed by atoms with Crippen LogP contribution in [-0.4, -0.2) is 20.7 Å². The molecule has 4 nitrogen and oxygen atoms in total. The van der Waals surface area contributed by atoms with Gasteiger partial charge in [0.05, 0.1) is 0 Å². The van der Waals surface area contributed by atoms with Crippen molar-refractivity contribution in [3.8, 4) is 0 Å². The third-order valence-electron chi connectivity index (χ3n) is 0.760. The maximum Gasteiger partial charge on any atom is 0.247 e. The lowest BCUT2D eigenvalue weighted by Gasteiger charge is -1.82. The third kappa shape index (κ3) is 1.46. The van der Waals surface area contributed by atoms with E-state index >= 15 is 0 Å². The van der Waals surface area contributed by atoms with Crippen LogP contribution in [0.2, 0.25) is 0 Å². The van der Waals surface area contributed by atoms with Crippen molar-refractivity contribution in [2.45, 2.75) is 6.92 Å². The maximum absolute atomic E-state index is 4.39. The van der Waals surface area contributed by atoms with Crippen molar-refractivity contribution >= 4 is 23.7 Å². The molecule has 0 atom stereocenters. The van der Waals surface area contributed by atoms with Gasteiger partial charge in [-0.05, 0) is 6.92 Å². The van der Waals surface area contributed by atoms with Crippen LogP contribution in [0.15, 0.2) is 0 Å². The summed E-state index contributed by atoms with van der Waals surface area (Å²) < 4.78 is 0. The number of aromatic nitrogens is 3. The summed E-state index contributed by atoms with van der Waals surface area (Å²) in [6.07, 6.45) is 0. The molecule has 0 aromatic carbocycles. The first-order chi connectivity index (χ1) is 4.33. The quantitative estimate of drug-likeness (QED) is 0.461. The number of H-pyrrole nitrogens is 1. The first-order valence-electron chi connectivity index (χ1n) is 2.35. The van der Waals surface area contributed by atoms with Crippen LogP contribution in [0, 0.1) is 6.92 Å². The minimum absolute atomic E-state index is 0.461. The van der Waals surface area contributed by atoms with Gasteiger partial charge in [0.15, 0.2) is 0 Å². The second-order valence-corrected chi connectivity index (χ2v) is 1.68. The van der Waals surface area contributed by atoms with E-state index in [0.29, 0.717) is 5.95 Å². The van der Waals surface area contributed by atoms with Crippen LogP contribution in [-0.2, 0) is 0 Å². The molecule has 47 valence electrons. The summed E-state index contributed by atoms with van der Waals surface area (Å²) in [6.45, 7) is 1.81. The van der Waals surface area contributed by atoms with E-state index in [2.05, 4.69) is 38.2 Å². The second kappa shape index (κ2) is 2.54. The van der Waals surface area contributed by atoms with Crippen molar-refractivity contribution in [1.82, 2.24) is 15.2 Å². The van der Waals surface area contributed by atoms with Crippen molar-refractivity contribution in [3.63, 3.8) is 0 Å². The highest BCUT2D eigenvalue weighted by molar-refractivity contribution is 7.79. The molecule has 0 spiro atoms. The zero-order valence-corrected chi connectivity index (χ0v) is 5.62. The van der Waals surface area contributed by atoms with Crippen LogP contribution >= 0.6 is 12.2 Å². The molecule has 1 heterocycles. The molecule has 1 radical (unpaired) electrons. The van der Waals surface area contributed by atoms with Gasteiger partial charge in [0.1, 0.15) is 11.3 Å². The normalized spacial score (nSPS) is 9.00. The van der Waals surface area contributed by atoms with Crippen LogP contribution in [0.3, 0.4) is 0 Å². The molecule has 1 aromatic rings. The Kier molecular flexibility index (Phi) is 1.74. The largest absolute Gasteiger partial charge is 0.311 e. The zero-order valence-electron chi connectivity index (χ0n) is 4.80. The number of thiocarbonyl (C=S) groups is 1. The lowest BCUT2D eigenvalue weighted by atomic mass is 10.7. The van der Waals surface area contributed by atoms with Gasteiger partial charge >= 0.3 is 0 Å². The predicted octanol–water partition coefficient (Wildman–Crippen LogP) is 0.359. The summed E-state index contributed by atoms with van der Waals surface area (Å²) in [6, 6.07) is 0. The lowest BCUT2D eigenvalue weighted by molar-refractivity contribution is 1.04. The minimum atomic E-state index is 0.461. The van der Waals surface area contributed by atoms with E-state index in [-0.39, 0.29) is 0 Å². The fourth-order valence-electron chi connectivity index (χ4n) is 0.444. The van der Waals surface area contributed by atoms with Crippen molar-refractivity contribution in [3.05, 3.63) is 5.82 Å². The van der Waals surface area contributed by atoms with Gasteiger partial charge in [0.2, 0.25) is 5.95 Å². The molecule has 0 aliphatic rings. The van der Waals surface area contributed by atoms with Crippen molar-refractivity contribution < 1.29 is 0 Å². The molecule has 2 N–H and O–H groups in total. The van der Waals surface area contributed by atoms with Crippen LogP contribution in [0.1, 0.15) is 5.82 Å². The van der Waals surface area contributed by atoms with Crippen LogP contribution in [0.5, 0.6) is 0 Å². The van der Waals surface area contributed by atoms with Gasteiger partial charge in [-0.25, -0.2) is 0 Å². The van der Waals surface area contributed by atoms with Gasteiger partial charge < -0.3 is 5.32 Å². The number of hydrogen-bond donors (Lipinski definition) is 2. The first kappa shape index (κ1) is 6.15. The fourth-order valence-corrected chi connectivity index (χ4v) is 0.536. The number of rotatable bonds is 2. The summed E-state index contributed by atoms with van der Waals surface area (Å²) >= 11 is 4.39. The average Bonchev–Trinajstić information content (AvgIpc) is 2.17. The number of hydrogen-bond acceptors (Lipinski definition) is 3. The zero-order chi connectivity index (χ0) is 6.69. The molecule has 1 aromatic heterocycles. The Labute approximate surface area is 57.7 Å². The Morgan fingerprint density at radius 3 is 3.00 bits per heavy atom. The summed E-state index contributed by atoms with van der Waals surface area (Å²) in [5.41, 5.74) is 2.29. The second-order valence-electron chi connectivity index (χ2n) is 1.47. The summed E-state index contributed by atoms with van der Waals surface area (Å²) in [7, 11) is 0. The maximum atomic E-state index is 4.39. The Hall–Kier alpha value is -0.970. The molecule has 0 aliphatic heterocycles. The lowest BCUT2D eigenvalue weighted by Crippen LogP contribution is -1.93. The molecule has 0 saturated heterocycles. The first-order valence-corrected chi connectivity index (χ1v) is 2.76. The Morgan fingerprint density at radius 1 is 1.78 bits per heavy atom. The molecular weight excluding hydrogens is 136 g/mol. The molecule has 5 heteroatoms. The highest BCUT2D eigenvalue weighted by atomic mass is 32.1. The van der Waals surface area contributed by atoms with E-state index in [1.165, 1.54) is 0 Å². The topological polar surface area (TPSA) is 53.6 Å². The van der Waals surface area contributed by atoms with Crippen LogP contribution in [0.4, 0.5) is 5.95 Å². The van der Waals surface area contributed by atoms with Crippen molar-refractivity contribution in [2.75, 3.05) is 5.32 Å². The summed E-state index contributed by atoms with van der Waals surface area (Å²) in [4.78, 5) is 3.89. The molecule has 0 bridgehead atoms. The van der Waals surface area contributed by atoms with Gasteiger partial charge in [-0.3, -0.25) is 5.10 Å². The number of nitrogens with one attached hydrogen (secondary N) is 2. The fraction of sp³-hybridized carbons (Fsp3) is 0.250. The Bertz CT molecular complexity index is 206. The van der Waals surface area contributed by atoms with E-state index in [1.54, 1.807) is 0 Å². The third-order valence-corrected chi connectivity index (χ3v) is 0.862. The van der Waals surface area contributed by atoms with E-state index in [1.807, 2.05) is 6.92 Å². The number of anilines is 1. The summed E-state index contributed by atoms with van der Waals surface area (Å²) in [5.74, 6) is 1.21. The Balaban J connectivity index is 2.72. The van der Waals surface area contributed by atoms with Gasteiger partial charge in [0.25, 0.3) is 0 Å². The number of aryl methyl sites for hydroxylation is 1. The minimum Gasteiger partial charge on any atom is -0.311 e. The smallest absolute Gasteiger partial charge is 0.247 e. The molecular formula is C4H5N4S. The van der Waals surface area contributed by atoms with Gasteiger partial charge in [-0.2, -0.15) is 4.98 Å². The molecule has 0 amide bonds. The monoisotopic (exact) mass is 141 g/mol. The predicted molar refractivity (Wildman–Crippen MR) is 37.3 cm³/mol. The van der Waals surface area contributed by atoms with E-state index in [9.17, 15) is 0 Å². The molecule has 9 heavy (non-hydrogen) atoms. The highest BCUT2D eigenvalue weighted by Gasteiger charge is 1.93. The summed E-state index contributed by atoms with van der Waals surface area (Å²) in [5, 5.41) is 8.91. The van der Waals surface area contributed by atoms with E-state index < -0.39 is 0 Å². The molecule has 1 rings (SSSR count). The van der Waals surface area contributed by atoms with Gasteiger partial charge in [0, 0.05) is 0 Å². The SMILES string of the molecule is Cc1nc(N[C]=S)n[nH]1. The van der Waals surface area contributed by atoms with Crippen molar-refractivity contribution in [2.24, 2.45) is 0 Å². The molecule has 0 fully saturated rings. The molecule has 0 unspecified atom stereocenters. The standard InChI is InChI=1S/C4H5N4S/c1-3-6-4(5-2-9)8-7-3/h1H3,(H2,5,6,7,8,9). The molecule has 0 aliphatic carbocycles. The Morgan fingerprint density at radius 2 is 2.56 bits per heavy atom. The van der Waals surface area contributed by atoms with Gasteiger partial charge in [-0.15, -0.1) is 5.10 Å². The number of nitrogens with zero attached hydrogens (tertiary/aromatic N) is 2.